The van der Waals surface area contributed by atoms with Gasteiger partial charge in [0.15, 0.2) is 0 Å². The largest absolute Gasteiger partial charge is 0.371 e. The van der Waals surface area contributed by atoms with Crippen LogP contribution in [-0.4, -0.2) is 15.4 Å². The van der Waals surface area contributed by atoms with E-state index in [1.165, 1.54) is 0 Å². The van der Waals surface area contributed by atoms with Crippen molar-refractivity contribution in [2.24, 2.45) is 0 Å². The van der Waals surface area contributed by atoms with E-state index in [0.717, 1.165) is 21.7 Å². The van der Waals surface area contributed by atoms with Crippen LogP contribution in [0.5, 0.6) is 0 Å². The van der Waals surface area contributed by atoms with Crippen LogP contribution in [0, 0.1) is 0 Å². The van der Waals surface area contributed by atoms with Crippen molar-refractivity contribution >= 4 is 36.3 Å². The molecule has 108 valence electrons. The summed E-state index contributed by atoms with van der Waals surface area (Å²) in [6, 6.07) is 5.91. The van der Waals surface area contributed by atoms with Crippen molar-refractivity contribution in [3.05, 3.63) is 33.3 Å². The molecule has 4 heteroatoms. The number of hydrogen-bond acceptors (Lipinski definition) is 1. The summed E-state index contributed by atoms with van der Waals surface area (Å²) in [5.41, 5.74) is 0.659. The topological polar surface area (TPSA) is 9.23 Å². The van der Waals surface area contributed by atoms with Crippen molar-refractivity contribution in [2.75, 3.05) is 6.61 Å². The quantitative estimate of drug-likeness (QED) is 0.617. The van der Waals surface area contributed by atoms with Crippen molar-refractivity contribution < 1.29 is 4.74 Å². The summed E-state index contributed by atoms with van der Waals surface area (Å²) in [5.74, 6) is 0. The second-order valence-electron chi connectivity index (χ2n) is 6.57. The molecule has 0 heterocycles. The summed E-state index contributed by atoms with van der Waals surface area (Å²) in [6.07, 6.45) is 0. The first kappa shape index (κ1) is 17.2. The zero-order valence-electron chi connectivity index (χ0n) is 12.7. The van der Waals surface area contributed by atoms with Crippen molar-refractivity contribution in [3.8, 4) is 0 Å². The predicted molar refractivity (Wildman–Crippen MR) is 91.0 cm³/mol. The van der Waals surface area contributed by atoms with Crippen molar-refractivity contribution in [1.82, 2.24) is 0 Å². The van der Waals surface area contributed by atoms with Crippen LogP contribution >= 0.6 is 27.5 Å². The number of ether oxygens (including phenoxy) is 1. The lowest BCUT2D eigenvalue weighted by atomic mass is 9.98. The molecule has 19 heavy (non-hydrogen) atoms. The molecular weight excluding hydrogens is 340 g/mol. The Morgan fingerprint density at radius 2 is 1.79 bits per heavy atom. The number of halogens is 2. The van der Waals surface area contributed by atoms with Gasteiger partial charge in [-0.1, -0.05) is 54.5 Å². The molecule has 0 spiro atoms. The fourth-order valence-corrected chi connectivity index (χ4v) is 2.69. The van der Waals surface area contributed by atoms with Crippen LogP contribution in [0.4, 0.5) is 0 Å². The van der Waals surface area contributed by atoms with Crippen molar-refractivity contribution in [2.45, 2.75) is 51.4 Å². The highest BCUT2D eigenvalue weighted by Gasteiger charge is 2.30. The Bertz CT molecular complexity index is 444. The molecule has 0 atom stereocenters. The van der Waals surface area contributed by atoms with E-state index >= 15 is 0 Å². The Labute approximate surface area is 132 Å². The van der Waals surface area contributed by atoms with Crippen LogP contribution in [0.15, 0.2) is 22.7 Å². The maximum Gasteiger partial charge on any atom is 0.0890 e. The van der Waals surface area contributed by atoms with E-state index in [-0.39, 0.29) is 10.6 Å². The lowest BCUT2D eigenvalue weighted by Crippen LogP contribution is -2.32. The number of rotatable bonds is 5. The lowest BCUT2D eigenvalue weighted by molar-refractivity contribution is -0.0324. The maximum atomic E-state index is 6.30. The van der Waals surface area contributed by atoms with Gasteiger partial charge >= 0.3 is 0 Å². The SMILES string of the molecule is C[SiH](C)C(C)(C)COC(C)(C)c1cc(Br)ccc1Cl. The Kier molecular flexibility index (Phi) is 5.70. The van der Waals surface area contributed by atoms with Gasteiger partial charge in [0.1, 0.15) is 0 Å². The molecule has 0 saturated carbocycles. The van der Waals surface area contributed by atoms with Gasteiger partial charge in [0.25, 0.3) is 0 Å². The molecule has 1 rings (SSSR count). The number of hydrogen-bond donors (Lipinski definition) is 0. The van der Waals surface area contributed by atoms with Crippen LogP contribution in [-0.2, 0) is 10.3 Å². The summed E-state index contributed by atoms with van der Waals surface area (Å²) >= 11 is 9.80. The van der Waals surface area contributed by atoms with Crippen LogP contribution < -0.4 is 0 Å². The van der Waals surface area contributed by atoms with Crippen LogP contribution in [0.25, 0.3) is 0 Å². The average Bonchev–Trinajstić information content (AvgIpc) is 2.30. The van der Waals surface area contributed by atoms with Gasteiger partial charge < -0.3 is 4.74 Å². The second kappa shape index (κ2) is 6.29. The van der Waals surface area contributed by atoms with E-state index in [4.69, 9.17) is 16.3 Å². The summed E-state index contributed by atoms with van der Waals surface area (Å²) in [5, 5.41) is 1.04. The van der Waals surface area contributed by atoms with E-state index in [1.807, 2.05) is 18.2 Å². The molecule has 0 bridgehead atoms. The van der Waals surface area contributed by atoms with Crippen LogP contribution in [0.3, 0.4) is 0 Å². The fourth-order valence-electron chi connectivity index (χ4n) is 1.57. The Morgan fingerprint density at radius 1 is 1.21 bits per heavy atom. The predicted octanol–water partition coefficient (Wildman–Crippen LogP) is 5.62. The molecule has 0 amide bonds. The fraction of sp³-hybridized carbons (Fsp3) is 0.600. The zero-order valence-corrected chi connectivity index (χ0v) is 16.2. The normalized spacial score (nSPS) is 13.1. The molecule has 0 aliphatic heterocycles. The minimum atomic E-state index is -0.752. The highest BCUT2D eigenvalue weighted by atomic mass is 79.9. The first-order valence-electron chi connectivity index (χ1n) is 6.66. The lowest BCUT2D eigenvalue weighted by Gasteiger charge is -2.34. The monoisotopic (exact) mass is 362 g/mol. The first-order valence-corrected chi connectivity index (χ1v) is 10.7. The maximum absolute atomic E-state index is 6.30. The summed E-state index contributed by atoms with van der Waals surface area (Å²) in [6.45, 7) is 14.2. The highest BCUT2D eigenvalue weighted by molar-refractivity contribution is 9.10. The second-order valence-corrected chi connectivity index (χ2v) is 11.8. The van der Waals surface area contributed by atoms with E-state index in [9.17, 15) is 0 Å². The molecule has 0 fully saturated rings. The highest BCUT2D eigenvalue weighted by Crippen LogP contribution is 2.37. The van der Waals surface area contributed by atoms with Crippen LogP contribution in [0.2, 0.25) is 23.2 Å². The standard InChI is InChI=1S/C15H24BrClOSi/c1-14(2,19(5)6)10-18-15(3,4)12-9-11(16)7-8-13(12)17/h7-9,19H,10H2,1-6H3. The molecule has 1 aromatic carbocycles. The molecule has 0 aromatic heterocycles. The molecule has 0 N–H and O–H groups in total. The van der Waals surface area contributed by atoms with Gasteiger partial charge in [-0.05, 0) is 37.1 Å². The van der Waals surface area contributed by atoms with Gasteiger partial charge in [-0.15, -0.1) is 0 Å². The third-order valence-electron chi connectivity index (χ3n) is 3.95. The van der Waals surface area contributed by atoms with Gasteiger partial charge in [-0.2, -0.15) is 0 Å². The van der Waals surface area contributed by atoms with E-state index in [0.29, 0.717) is 0 Å². The first-order chi connectivity index (χ1) is 8.56. The third-order valence-corrected chi connectivity index (χ3v) is 8.06. The molecule has 0 aliphatic rings. The minimum Gasteiger partial charge on any atom is -0.371 e. The molecule has 0 aliphatic carbocycles. The van der Waals surface area contributed by atoms with Crippen molar-refractivity contribution in [3.63, 3.8) is 0 Å². The minimum absolute atomic E-state index is 0.287. The Morgan fingerprint density at radius 3 is 2.32 bits per heavy atom. The van der Waals surface area contributed by atoms with E-state index in [1.54, 1.807) is 0 Å². The van der Waals surface area contributed by atoms with Gasteiger partial charge in [-0.3, -0.25) is 0 Å². The molecule has 1 nitrogen and oxygen atoms in total. The molecule has 0 unspecified atom stereocenters. The van der Waals surface area contributed by atoms with E-state index in [2.05, 4.69) is 56.7 Å². The average molecular weight is 364 g/mol. The summed E-state index contributed by atoms with van der Waals surface area (Å²) < 4.78 is 7.24. The smallest absolute Gasteiger partial charge is 0.0890 e. The zero-order chi connectivity index (χ0) is 14.8. The van der Waals surface area contributed by atoms with Gasteiger partial charge in [-0.25, -0.2) is 0 Å². The van der Waals surface area contributed by atoms with E-state index < -0.39 is 8.80 Å². The van der Waals surface area contributed by atoms with Gasteiger partial charge in [0.2, 0.25) is 0 Å². The summed E-state index contributed by atoms with van der Waals surface area (Å²) in [4.78, 5) is 0. The van der Waals surface area contributed by atoms with Crippen molar-refractivity contribution in [1.29, 1.82) is 0 Å². The van der Waals surface area contributed by atoms with Crippen LogP contribution in [0.1, 0.15) is 33.3 Å². The molecule has 1 aromatic rings. The third kappa shape index (κ3) is 4.59. The Hall–Kier alpha value is 0.167. The number of benzene rings is 1. The summed E-state index contributed by atoms with van der Waals surface area (Å²) in [7, 11) is -0.752. The Balaban J connectivity index is 2.89. The van der Waals surface area contributed by atoms with Gasteiger partial charge in [0.05, 0.1) is 12.2 Å². The molecular formula is C15H24BrClOSi. The molecule has 0 radical (unpaired) electrons. The van der Waals surface area contributed by atoms with Gasteiger partial charge in [0, 0.05) is 23.9 Å². The molecule has 0 saturated heterocycles.